The van der Waals surface area contributed by atoms with Gasteiger partial charge in [0.05, 0.1) is 0 Å². The van der Waals surface area contributed by atoms with Crippen molar-refractivity contribution in [1.82, 2.24) is 0 Å². The molecule has 1 amide bonds. The third-order valence-electron chi connectivity index (χ3n) is 3.99. The van der Waals surface area contributed by atoms with Gasteiger partial charge in [0.15, 0.2) is 5.78 Å². The van der Waals surface area contributed by atoms with Gasteiger partial charge >= 0.3 is 0 Å². The lowest BCUT2D eigenvalue weighted by molar-refractivity contribution is -0.117. The Hall–Kier alpha value is -2.68. The molecule has 1 saturated heterocycles. The molecule has 3 nitrogen and oxygen atoms in total. The lowest BCUT2D eigenvalue weighted by Crippen LogP contribution is -2.23. The average Bonchev–Trinajstić information content (AvgIpc) is 2.99. The van der Waals surface area contributed by atoms with Crippen LogP contribution in [0.2, 0.25) is 0 Å². The Kier molecular flexibility index (Phi) is 4.38. The molecular weight excluding hydrogens is 286 g/mol. The van der Waals surface area contributed by atoms with Crippen LogP contribution in [0.3, 0.4) is 0 Å². The smallest absolute Gasteiger partial charge is 0.227 e. The van der Waals surface area contributed by atoms with Gasteiger partial charge in [-0.2, -0.15) is 0 Å². The molecule has 116 valence electrons. The molecule has 3 rings (SSSR count). The second-order valence-corrected chi connectivity index (χ2v) is 5.81. The average molecular weight is 305 g/mol. The van der Waals surface area contributed by atoms with Crippen molar-refractivity contribution in [2.75, 3.05) is 11.4 Å². The maximum Gasteiger partial charge on any atom is 0.227 e. The summed E-state index contributed by atoms with van der Waals surface area (Å²) < 4.78 is 0. The highest BCUT2D eigenvalue weighted by Crippen LogP contribution is 2.22. The number of rotatable bonds is 4. The summed E-state index contributed by atoms with van der Waals surface area (Å²) in [6.07, 6.45) is 4.87. The van der Waals surface area contributed by atoms with Crippen LogP contribution in [0.15, 0.2) is 54.6 Å². The van der Waals surface area contributed by atoms with Crippen LogP contribution in [0.25, 0.3) is 6.08 Å². The normalized spacial score (nSPS) is 14.7. The number of hydrogen-bond acceptors (Lipinski definition) is 2. The Balaban J connectivity index is 1.78. The topological polar surface area (TPSA) is 37.4 Å². The Morgan fingerprint density at radius 3 is 2.70 bits per heavy atom. The first-order chi connectivity index (χ1) is 11.1. The van der Waals surface area contributed by atoms with E-state index in [9.17, 15) is 9.59 Å². The molecule has 23 heavy (non-hydrogen) atoms. The second kappa shape index (κ2) is 6.61. The van der Waals surface area contributed by atoms with Gasteiger partial charge in [-0.15, -0.1) is 0 Å². The Morgan fingerprint density at radius 1 is 1.13 bits per heavy atom. The number of anilines is 1. The lowest BCUT2D eigenvalue weighted by Gasteiger charge is -2.16. The SMILES string of the molecule is Cc1cccc(C=CC(=O)c2cccc(N3CCCC3=O)c2)c1. The molecule has 0 unspecified atom stereocenters. The molecule has 1 heterocycles. The molecule has 3 heteroatoms. The summed E-state index contributed by atoms with van der Waals surface area (Å²) in [5.74, 6) is 0.0740. The maximum atomic E-state index is 12.4. The Labute approximate surface area is 136 Å². The van der Waals surface area contributed by atoms with E-state index in [2.05, 4.69) is 0 Å². The van der Waals surface area contributed by atoms with E-state index in [-0.39, 0.29) is 11.7 Å². The molecule has 0 bridgehead atoms. The van der Waals surface area contributed by atoms with E-state index in [1.807, 2.05) is 49.4 Å². The minimum atomic E-state index is -0.0556. The first-order valence-electron chi connectivity index (χ1n) is 7.83. The van der Waals surface area contributed by atoms with Gasteiger partial charge in [-0.3, -0.25) is 9.59 Å². The number of hydrogen-bond donors (Lipinski definition) is 0. The fourth-order valence-corrected chi connectivity index (χ4v) is 2.79. The molecule has 1 aliphatic rings. The van der Waals surface area contributed by atoms with Crippen LogP contribution < -0.4 is 4.90 Å². The molecular formula is C20H19NO2. The number of carbonyl (C=O) groups is 2. The van der Waals surface area contributed by atoms with Crippen LogP contribution in [-0.2, 0) is 4.79 Å². The summed E-state index contributed by atoms with van der Waals surface area (Å²) in [4.78, 5) is 25.9. The van der Waals surface area contributed by atoms with Crippen molar-refractivity contribution in [2.45, 2.75) is 19.8 Å². The number of benzene rings is 2. The minimum absolute atomic E-state index is 0.0556. The standard InChI is InChI=1S/C20H19NO2/c1-15-5-2-6-16(13-15)10-11-19(22)17-7-3-8-18(14-17)21-12-4-9-20(21)23/h2-3,5-8,10-11,13-14H,4,9,12H2,1H3. The van der Waals surface area contributed by atoms with Crippen LogP contribution in [0.4, 0.5) is 5.69 Å². The summed E-state index contributed by atoms with van der Waals surface area (Å²) >= 11 is 0. The summed E-state index contributed by atoms with van der Waals surface area (Å²) in [7, 11) is 0. The highest BCUT2D eigenvalue weighted by atomic mass is 16.2. The molecule has 0 aromatic heterocycles. The Morgan fingerprint density at radius 2 is 1.96 bits per heavy atom. The minimum Gasteiger partial charge on any atom is -0.312 e. The van der Waals surface area contributed by atoms with Crippen molar-refractivity contribution in [3.8, 4) is 0 Å². The predicted octanol–water partition coefficient (Wildman–Crippen LogP) is 4.02. The van der Waals surface area contributed by atoms with E-state index >= 15 is 0 Å². The van der Waals surface area contributed by atoms with Gasteiger partial charge in [0.1, 0.15) is 0 Å². The van der Waals surface area contributed by atoms with E-state index in [0.717, 1.165) is 29.8 Å². The Bertz CT molecular complexity index is 777. The monoisotopic (exact) mass is 305 g/mol. The zero-order valence-electron chi connectivity index (χ0n) is 13.2. The van der Waals surface area contributed by atoms with E-state index in [0.29, 0.717) is 12.0 Å². The number of amides is 1. The summed E-state index contributed by atoms with van der Waals surface area (Å²) in [5.41, 5.74) is 3.58. The highest BCUT2D eigenvalue weighted by molar-refractivity contribution is 6.08. The molecule has 2 aromatic carbocycles. The summed E-state index contributed by atoms with van der Waals surface area (Å²) in [6.45, 7) is 2.76. The van der Waals surface area contributed by atoms with Crippen LogP contribution in [-0.4, -0.2) is 18.2 Å². The maximum absolute atomic E-state index is 12.4. The number of aryl methyl sites for hydroxylation is 1. The van der Waals surface area contributed by atoms with Crippen molar-refractivity contribution in [1.29, 1.82) is 0 Å². The molecule has 2 aromatic rings. The molecule has 0 spiro atoms. The third-order valence-corrected chi connectivity index (χ3v) is 3.99. The van der Waals surface area contributed by atoms with E-state index in [1.165, 1.54) is 0 Å². The summed E-state index contributed by atoms with van der Waals surface area (Å²) in [5, 5.41) is 0. The number of allylic oxidation sites excluding steroid dienone is 1. The van der Waals surface area contributed by atoms with Gasteiger partial charge in [-0.25, -0.2) is 0 Å². The van der Waals surface area contributed by atoms with Gasteiger partial charge in [0.2, 0.25) is 5.91 Å². The largest absolute Gasteiger partial charge is 0.312 e. The van der Waals surface area contributed by atoms with E-state index in [4.69, 9.17) is 0 Å². The van der Waals surface area contributed by atoms with E-state index < -0.39 is 0 Å². The van der Waals surface area contributed by atoms with Gasteiger partial charge < -0.3 is 4.90 Å². The van der Waals surface area contributed by atoms with Crippen molar-refractivity contribution in [3.63, 3.8) is 0 Å². The first kappa shape index (κ1) is 15.2. The van der Waals surface area contributed by atoms with Crippen molar-refractivity contribution in [2.24, 2.45) is 0 Å². The van der Waals surface area contributed by atoms with Crippen molar-refractivity contribution >= 4 is 23.5 Å². The molecule has 0 saturated carbocycles. The fourth-order valence-electron chi connectivity index (χ4n) is 2.79. The van der Waals surface area contributed by atoms with Crippen molar-refractivity contribution < 1.29 is 9.59 Å². The molecule has 0 atom stereocenters. The van der Waals surface area contributed by atoms with E-state index in [1.54, 1.807) is 23.1 Å². The lowest BCUT2D eigenvalue weighted by atomic mass is 10.1. The number of ketones is 1. The third kappa shape index (κ3) is 3.57. The number of nitrogens with zero attached hydrogens (tertiary/aromatic N) is 1. The predicted molar refractivity (Wildman–Crippen MR) is 92.6 cm³/mol. The van der Waals surface area contributed by atoms with Crippen LogP contribution in [0.5, 0.6) is 0 Å². The molecule has 0 aliphatic carbocycles. The van der Waals surface area contributed by atoms with Gasteiger partial charge in [-0.1, -0.05) is 48.0 Å². The molecule has 0 N–H and O–H groups in total. The van der Waals surface area contributed by atoms with Gasteiger partial charge in [0, 0.05) is 24.2 Å². The molecule has 0 radical (unpaired) electrons. The van der Waals surface area contributed by atoms with Crippen molar-refractivity contribution in [3.05, 3.63) is 71.3 Å². The summed E-state index contributed by atoms with van der Waals surface area (Å²) in [6, 6.07) is 15.3. The zero-order chi connectivity index (χ0) is 16.2. The quantitative estimate of drug-likeness (QED) is 0.632. The van der Waals surface area contributed by atoms with Crippen LogP contribution in [0.1, 0.15) is 34.3 Å². The van der Waals surface area contributed by atoms with Gasteiger partial charge in [0.25, 0.3) is 0 Å². The van der Waals surface area contributed by atoms with Crippen LogP contribution in [0, 0.1) is 6.92 Å². The second-order valence-electron chi connectivity index (χ2n) is 5.81. The molecule has 1 fully saturated rings. The van der Waals surface area contributed by atoms with Gasteiger partial charge in [-0.05, 0) is 37.1 Å². The zero-order valence-corrected chi connectivity index (χ0v) is 13.2. The fraction of sp³-hybridized carbons (Fsp3) is 0.200. The highest BCUT2D eigenvalue weighted by Gasteiger charge is 2.21. The molecule has 1 aliphatic heterocycles. The first-order valence-corrected chi connectivity index (χ1v) is 7.83. The van der Waals surface area contributed by atoms with Crippen LogP contribution >= 0.6 is 0 Å². The number of carbonyl (C=O) groups excluding carboxylic acids is 2.